The maximum atomic E-state index is 7.31. The summed E-state index contributed by atoms with van der Waals surface area (Å²) in [6.45, 7) is 24.6. The van der Waals surface area contributed by atoms with Crippen molar-refractivity contribution < 1.29 is 21.2 Å². The van der Waals surface area contributed by atoms with Crippen LogP contribution in [0.25, 0.3) is 0 Å². The maximum absolute atomic E-state index is 7.31. The lowest BCUT2D eigenvalue weighted by Crippen LogP contribution is -2.60. The Kier molecular flexibility index (Phi) is 12.9. The van der Waals surface area contributed by atoms with Gasteiger partial charge in [-0.25, -0.2) is 0 Å². The SMILES string of the molecule is COc1cc(CCC[Si](C)(O[Si](C)(C)C)O[Si](C)(CCCc2ccccc2)O[Si](C)(C)O[Si](C)(C)C)ccc1C. The fourth-order valence-corrected chi connectivity index (χ4v) is 29.3. The van der Waals surface area contributed by atoms with Crippen molar-refractivity contribution in [3.8, 4) is 5.75 Å². The van der Waals surface area contributed by atoms with E-state index in [1.807, 2.05) is 0 Å². The molecule has 0 spiro atoms. The van der Waals surface area contributed by atoms with Gasteiger partial charge in [0, 0.05) is 0 Å². The molecule has 0 aromatic heterocycles. The highest BCUT2D eigenvalue weighted by Gasteiger charge is 2.48. The number of aryl methyl sites for hydroxylation is 3. The predicted octanol–water partition coefficient (Wildman–Crippen LogP) is 9.15. The number of ether oxygens (including phenoxy) is 1. The molecule has 5 nitrogen and oxygen atoms in total. The van der Waals surface area contributed by atoms with Gasteiger partial charge in [0.2, 0.25) is 0 Å². The third kappa shape index (κ3) is 13.4. The Labute approximate surface area is 251 Å². The van der Waals surface area contributed by atoms with Crippen LogP contribution in [0.4, 0.5) is 0 Å². The van der Waals surface area contributed by atoms with Crippen molar-refractivity contribution in [1.82, 2.24) is 0 Å². The van der Waals surface area contributed by atoms with Crippen LogP contribution in [0.2, 0.25) is 77.6 Å². The fourth-order valence-electron chi connectivity index (χ4n) is 5.52. The van der Waals surface area contributed by atoms with Crippen molar-refractivity contribution in [3.05, 3.63) is 65.2 Å². The minimum absolute atomic E-state index is 0.931. The normalized spacial score (nSPS) is 15.9. The zero-order chi connectivity index (χ0) is 30.2. The van der Waals surface area contributed by atoms with Crippen molar-refractivity contribution in [2.45, 2.75) is 110 Å². The molecule has 40 heavy (non-hydrogen) atoms. The monoisotopic (exact) mass is 636 g/mol. The van der Waals surface area contributed by atoms with Crippen molar-refractivity contribution >= 4 is 42.3 Å². The summed E-state index contributed by atoms with van der Waals surface area (Å²) in [5.74, 6) is 0.952. The molecule has 0 bridgehead atoms. The average Bonchev–Trinajstić information content (AvgIpc) is 2.77. The van der Waals surface area contributed by atoms with Crippen LogP contribution in [-0.4, -0.2) is 49.4 Å². The first-order valence-electron chi connectivity index (χ1n) is 14.8. The van der Waals surface area contributed by atoms with Crippen LogP contribution in [0.5, 0.6) is 5.75 Å². The molecule has 0 radical (unpaired) electrons. The Balaban J connectivity index is 2.27. The van der Waals surface area contributed by atoms with Gasteiger partial charge in [-0.15, -0.1) is 0 Å². The topological polar surface area (TPSA) is 46.2 Å². The minimum atomic E-state index is -2.63. The zero-order valence-electron chi connectivity index (χ0n) is 27.4. The minimum Gasteiger partial charge on any atom is -0.496 e. The van der Waals surface area contributed by atoms with Crippen LogP contribution >= 0.6 is 0 Å². The van der Waals surface area contributed by atoms with Gasteiger partial charge in [0.25, 0.3) is 0 Å². The van der Waals surface area contributed by atoms with Crippen LogP contribution < -0.4 is 4.74 Å². The first-order chi connectivity index (χ1) is 18.3. The Morgan fingerprint density at radius 2 is 1.10 bits per heavy atom. The Morgan fingerprint density at radius 1 is 0.575 bits per heavy atom. The predicted molar refractivity (Wildman–Crippen MR) is 182 cm³/mol. The number of hydrogen-bond donors (Lipinski definition) is 0. The number of methoxy groups -OCH3 is 1. The van der Waals surface area contributed by atoms with E-state index in [2.05, 4.69) is 121 Å². The lowest BCUT2D eigenvalue weighted by Gasteiger charge is -2.44. The number of rotatable bonds is 17. The van der Waals surface area contributed by atoms with Gasteiger partial charge in [0.05, 0.1) is 7.11 Å². The second kappa shape index (κ2) is 14.6. The maximum Gasteiger partial charge on any atom is 0.317 e. The standard InChI is InChI=1S/C30H56O5Si5/c1-27-22-23-29(26-30(27)31-2)21-17-24-39(11,33-37(6,7)8)35-40(12,34-38(9,10)32-36(3,4)5)25-16-20-28-18-14-13-15-19-28/h13-15,18-19,22-23,26H,16-17,20-21,24-25H2,1-12H3. The molecule has 2 rings (SSSR count). The Morgan fingerprint density at radius 3 is 1.62 bits per heavy atom. The molecule has 2 unspecified atom stereocenters. The summed E-state index contributed by atoms with van der Waals surface area (Å²) in [7, 11) is -9.45. The van der Waals surface area contributed by atoms with Crippen LogP contribution in [0.15, 0.2) is 48.5 Å². The van der Waals surface area contributed by atoms with Crippen LogP contribution in [0, 0.1) is 6.92 Å². The Hall–Kier alpha value is -0.836. The highest BCUT2D eigenvalue weighted by Crippen LogP contribution is 2.33. The Bertz CT molecular complexity index is 1050. The first-order valence-corrected chi connectivity index (χ1v) is 29.5. The molecule has 2 atom stereocenters. The second-order valence-electron chi connectivity index (χ2n) is 13.8. The number of benzene rings is 2. The van der Waals surface area contributed by atoms with E-state index in [0.29, 0.717) is 0 Å². The van der Waals surface area contributed by atoms with Crippen molar-refractivity contribution in [2.24, 2.45) is 0 Å². The van der Waals surface area contributed by atoms with Gasteiger partial charge in [-0.3, -0.25) is 0 Å². The van der Waals surface area contributed by atoms with E-state index in [0.717, 1.165) is 49.1 Å². The molecule has 0 N–H and O–H groups in total. The molecule has 0 saturated carbocycles. The van der Waals surface area contributed by atoms with E-state index < -0.39 is 42.3 Å². The van der Waals surface area contributed by atoms with Crippen molar-refractivity contribution in [3.63, 3.8) is 0 Å². The highest BCUT2D eigenvalue weighted by atomic mass is 28.5. The molecule has 0 fully saturated rings. The molecule has 2 aromatic rings. The van der Waals surface area contributed by atoms with Gasteiger partial charge in [0.15, 0.2) is 16.6 Å². The lowest BCUT2D eigenvalue weighted by atomic mass is 10.1. The van der Waals surface area contributed by atoms with Crippen molar-refractivity contribution in [2.75, 3.05) is 7.11 Å². The summed E-state index contributed by atoms with van der Waals surface area (Å²) in [4.78, 5) is 0. The van der Waals surface area contributed by atoms with E-state index in [4.69, 9.17) is 21.2 Å². The molecule has 0 aliphatic heterocycles. The molecule has 0 aliphatic rings. The molecule has 0 amide bonds. The number of hydrogen-bond acceptors (Lipinski definition) is 5. The van der Waals surface area contributed by atoms with Crippen LogP contribution in [0.3, 0.4) is 0 Å². The molecule has 0 aliphatic carbocycles. The summed E-state index contributed by atoms with van der Waals surface area (Å²) < 4.78 is 33.6. The molecule has 10 heteroatoms. The highest BCUT2D eigenvalue weighted by molar-refractivity contribution is 6.90. The quantitative estimate of drug-likeness (QED) is 0.162. The zero-order valence-corrected chi connectivity index (χ0v) is 32.4. The van der Waals surface area contributed by atoms with Gasteiger partial charge < -0.3 is 21.2 Å². The van der Waals surface area contributed by atoms with E-state index in [9.17, 15) is 0 Å². The largest absolute Gasteiger partial charge is 0.496 e. The second-order valence-corrected chi connectivity index (χ2v) is 33.8. The van der Waals surface area contributed by atoms with Crippen molar-refractivity contribution in [1.29, 1.82) is 0 Å². The lowest BCUT2D eigenvalue weighted by molar-refractivity contribution is 0.287. The molecule has 0 saturated heterocycles. The van der Waals surface area contributed by atoms with E-state index in [1.165, 1.54) is 11.1 Å². The van der Waals surface area contributed by atoms with E-state index >= 15 is 0 Å². The summed E-state index contributed by atoms with van der Waals surface area (Å²) in [6.07, 6.45) is 4.05. The fraction of sp³-hybridized carbons (Fsp3) is 0.600. The molecule has 226 valence electrons. The summed E-state index contributed by atoms with van der Waals surface area (Å²) in [5.41, 5.74) is 3.82. The summed E-state index contributed by atoms with van der Waals surface area (Å²) in [6, 6.07) is 19.1. The van der Waals surface area contributed by atoms with Gasteiger partial charge in [-0.1, -0.05) is 42.5 Å². The van der Waals surface area contributed by atoms with Gasteiger partial charge in [0.1, 0.15) is 5.75 Å². The summed E-state index contributed by atoms with van der Waals surface area (Å²) >= 11 is 0. The average molecular weight is 637 g/mol. The van der Waals surface area contributed by atoms with Crippen LogP contribution in [0.1, 0.15) is 29.5 Å². The molecule has 2 aromatic carbocycles. The molecular formula is C30H56O5Si5. The van der Waals surface area contributed by atoms with E-state index in [1.54, 1.807) is 7.11 Å². The third-order valence-electron chi connectivity index (χ3n) is 6.48. The third-order valence-corrected chi connectivity index (χ3v) is 24.7. The summed E-state index contributed by atoms with van der Waals surface area (Å²) in [5, 5.41) is 0. The van der Waals surface area contributed by atoms with Gasteiger partial charge in [-0.05, 0) is 133 Å². The smallest absolute Gasteiger partial charge is 0.317 e. The molecular weight excluding hydrogens is 581 g/mol. The molecule has 0 heterocycles. The van der Waals surface area contributed by atoms with Gasteiger partial charge in [-0.2, -0.15) is 0 Å². The first kappa shape index (κ1) is 35.4. The van der Waals surface area contributed by atoms with Gasteiger partial charge >= 0.3 is 25.7 Å². The van der Waals surface area contributed by atoms with Crippen LogP contribution in [-0.2, 0) is 29.3 Å². The van der Waals surface area contributed by atoms with E-state index in [-0.39, 0.29) is 0 Å².